The maximum Gasteiger partial charge on any atom is 0.119 e. The number of rotatable bonds is 7. The first-order chi connectivity index (χ1) is 11.6. The number of benzene rings is 2. The highest BCUT2D eigenvalue weighted by atomic mass is 16.5. The van der Waals surface area contributed by atoms with Gasteiger partial charge in [-0.05, 0) is 61.2 Å². The van der Waals surface area contributed by atoms with Crippen molar-refractivity contribution in [1.29, 1.82) is 0 Å². The van der Waals surface area contributed by atoms with Gasteiger partial charge in [-0.1, -0.05) is 48.0 Å². The van der Waals surface area contributed by atoms with E-state index < -0.39 is 0 Å². The lowest BCUT2D eigenvalue weighted by Gasteiger charge is -2.07. The molecule has 0 unspecified atom stereocenters. The Bertz CT molecular complexity index is 688. The van der Waals surface area contributed by atoms with Crippen molar-refractivity contribution in [3.63, 3.8) is 0 Å². The molecule has 2 aromatic rings. The third kappa shape index (κ3) is 5.71. The Labute approximate surface area is 145 Å². The average Bonchev–Trinajstić information content (AvgIpc) is 2.57. The van der Waals surface area contributed by atoms with E-state index in [1.165, 1.54) is 27.8 Å². The summed E-state index contributed by atoms with van der Waals surface area (Å²) in [6.45, 7) is 7.54. The van der Waals surface area contributed by atoms with E-state index in [0.717, 1.165) is 5.75 Å². The smallest absolute Gasteiger partial charge is 0.119 e. The molecule has 0 radical (unpaired) electrons. The second-order valence-corrected chi connectivity index (χ2v) is 6.12. The minimum absolute atomic E-state index is 0.615. The lowest BCUT2D eigenvalue weighted by molar-refractivity contribution is 0.185. The summed E-state index contributed by atoms with van der Waals surface area (Å²) in [5, 5.41) is 0. The lowest BCUT2D eigenvalue weighted by Crippen LogP contribution is -1.94. The van der Waals surface area contributed by atoms with Gasteiger partial charge in [0.2, 0.25) is 0 Å². The molecule has 0 spiro atoms. The summed E-state index contributed by atoms with van der Waals surface area (Å²) in [6, 6.07) is 16.7. The molecule has 2 aromatic carbocycles. The molecule has 0 fully saturated rings. The summed E-state index contributed by atoms with van der Waals surface area (Å²) in [5.74, 6) is 0.896. The molecule has 0 amide bonds. The van der Waals surface area contributed by atoms with E-state index in [1.54, 1.807) is 7.11 Å². The number of hydrogen-bond acceptors (Lipinski definition) is 2. The van der Waals surface area contributed by atoms with Gasteiger partial charge in [-0.3, -0.25) is 0 Å². The molecule has 0 aliphatic carbocycles. The molecule has 0 N–H and O–H groups in total. The average molecular weight is 322 g/mol. The maximum atomic E-state index is 5.70. The highest BCUT2D eigenvalue weighted by molar-refractivity contribution is 5.80. The van der Waals surface area contributed by atoms with Crippen molar-refractivity contribution in [2.24, 2.45) is 0 Å². The van der Waals surface area contributed by atoms with Crippen molar-refractivity contribution in [3.8, 4) is 5.75 Å². The molecule has 0 aliphatic heterocycles. The Kier molecular flexibility index (Phi) is 6.83. The van der Waals surface area contributed by atoms with E-state index >= 15 is 0 Å². The minimum atomic E-state index is 0.615. The summed E-state index contributed by atoms with van der Waals surface area (Å²) in [7, 11) is 1.71. The van der Waals surface area contributed by atoms with Crippen LogP contribution in [0.15, 0.2) is 60.2 Å². The van der Waals surface area contributed by atoms with E-state index in [0.29, 0.717) is 13.2 Å². The number of allylic oxidation sites excluding steroid dienone is 2. The van der Waals surface area contributed by atoms with Crippen LogP contribution in [0.1, 0.15) is 37.5 Å². The predicted octanol–water partition coefficient (Wildman–Crippen LogP) is 5.74. The molecule has 0 heterocycles. The molecule has 2 nitrogen and oxygen atoms in total. The molecule has 2 heteroatoms. The molecule has 0 aromatic heterocycles. The Morgan fingerprint density at radius 2 is 1.58 bits per heavy atom. The first-order valence-corrected chi connectivity index (χ1v) is 8.21. The number of methoxy groups -OCH3 is 1. The van der Waals surface area contributed by atoms with E-state index in [4.69, 9.17) is 9.47 Å². The van der Waals surface area contributed by atoms with Crippen LogP contribution in [0.5, 0.6) is 5.75 Å². The Morgan fingerprint density at radius 3 is 2.17 bits per heavy atom. The highest BCUT2D eigenvalue weighted by Gasteiger charge is 1.99. The fourth-order valence-corrected chi connectivity index (χ4v) is 2.33. The van der Waals surface area contributed by atoms with Gasteiger partial charge in [0.15, 0.2) is 0 Å². The van der Waals surface area contributed by atoms with Gasteiger partial charge < -0.3 is 9.47 Å². The first-order valence-electron chi connectivity index (χ1n) is 8.21. The molecule has 0 saturated carbocycles. The quantitative estimate of drug-likeness (QED) is 0.478. The second-order valence-electron chi connectivity index (χ2n) is 6.12. The van der Waals surface area contributed by atoms with Gasteiger partial charge in [0.1, 0.15) is 12.4 Å². The Morgan fingerprint density at radius 1 is 0.917 bits per heavy atom. The van der Waals surface area contributed by atoms with Crippen LogP contribution in [-0.4, -0.2) is 13.7 Å². The van der Waals surface area contributed by atoms with E-state index in [-0.39, 0.29) is 0 Å². The molecule has 0 saturated heterocycles. The van der Waals surface area contributed by atoms with E-state index in [2.05, 4.69) is 69.3 Å². The van der Waals surface area contributed by atoms with Crippen molar-refractivity contribution >= 4 is 11.6 Å². The van der Waals surface area contributed by atoms with Crippen molar-refractivity contribution in [2.45, 2.75) is 27.4 Å². The van der Waals surface area contributed by atoms with Gasteiger partial charge in [-0.2, -0.15) is 0 Å². The highest BCUT2D eigenvalue weighted by Crippen LogP contribution is 2.21. The normalized spacial score (nSPS) is 11.2. The Balaban J connectivity index is 2.03. The molecule has 2 rings (SSSR count). The van der Waals surface area contributed by atoms with Crippen LogP contribution >= 0.6 is 0 Å². The third-order valence-electron chi connectivity index (χ3n) is 3.73. The summed E-state index contributed by atoms with van der Waals surface area (Å²) < 4.78 is 10.8. The predicted molar refractivity (Wildman–Crippen MR) is 102 cm³/mol. The van der Waals surface area contributed by atoms with Crippen molar-refractivity contribution in [3.05, 3.63) is 76.9 Å². The zero-order valence-electron chi connectivity index (χ0n) is 15.0. The molecular formula is C22H26O2. The molecule has 0 atom stereocenters. The number of hydrogen-bond donors (Lipinski definition) is 0. The van der Waals surface area contributed by atoms with Crippen LogP contribution in [0.4, 0.5) is 0 Å². The van der Waals surface area contributed by atoms with E-state index in [9.17, 15) is 0 Å². The Hall–Kier alpha value is -2.32. The lowest BCUT2D eigenvalue weighted by atomic mass is 10.0. The summed E-state index contributed by atoms with van der Waals surface area (Å²) in [6.07, 6.45) is 4.27. The molecular weight excluding hydrogens is 296 g/mol. The standard InChI is InChI=1S/C22H26O2/c1-17(2)13-14-24-22-11-9-21(10-12-22)18(3)15-19-5-7-20(8-6-19)16-23-4/h5-13,15H,14,16H2,1-4H3/b18-15+. The first kappa shape index (κ1) is 18.0. The number of ether oxygens (including phenoxy) is 2. The third-order valence-corrected chi connectivity index (χ3v) is 3.73. The monoisotopic (exact) mass is 322 g/mol. The topological polar surface area (TPSA) is 18.5 Å². The van der Waals surface area contributed by atoms with Crippen LogP contribution in [-0.2, 0) is 11.3 Å². The summed E-state index contributed by atoms with van der Waals surface area (Å²) in [5.41, 5.74) is 6.07. The summed E-state index contributed by atoms with van der Waals surface area (Å²) >= 11 is 0. The van der Waals surface area contributed by atoms with Crippen molar-refractivity contribution in [2.75, 3.05) is 13.7 Å². The summed E-state index contributed by atoms with van der Waals surface area (Å²) in [4.78, 5) is 0. The van der Waals surface area contributed by atoms with Crippen LogP contribution in [0.25, 0.3) is 11.6 Å². The van der Waals surface area contributed by atoms with Crippen molar-refractivity contribution < 1.29 is 9.47 Å². The fraction of sp³-hybridized carbons (Fsp3) is 0.273. The zero-order chi connectivity index (χ0) is 17.4. The maximum absolute atomic E-state index is 5.70. The zero-order valence-corrected chi connectivity index (χ0v) is 15.0. The molecule has 24 heavy (non-hydrogen) atoms. The van der Waals surface area contributed by atoms with Crippen LogP contribution < -0.4 is 4.74 Å². The van der Waals surface area contributed by atoms with Gasteiger partial charge in [-0.15, -0.1) is 0 Å². The minimum Gasteiger partial charge on any atom is -0.490 e. The van der Waals surface area contributed by atoms with Crippen molar-refractivity contribution in [1.82, 2.24) is 0 Å². The van der Waals surface area contributed by atoms with Gasteiger partial charge >= 0.3 is 0 Å². The van der Waals surface area contributed by atoms with Gasteiger partial charge in [0.25, 0.3) is 0 Å². The van der Waals surface area contributed by atoms with Crippen LogP contribution in [0.3, 0.4) is 0 Å². The fourth-order valence-electron chi connectivity index (χ4n) is 2.33. The molecule has 126 valence electrons. The van der Waals surface area contributed by atoms with Crippen LogP contribution in [0.2, 0.25) is 0 Å². The van der Waals surface area contributed by atoms with Gasteiger partial charge in [-0.25, -0.2) is 0 Å². The van der Waals surface area contributed by atoms with E-state index in [1.807, 2.05) is 12.1 Å². The van der Waals surface area contributed by atoms with Gasteiger partial charge in [0.05, 0.1) is 6.61 Å². The van der Waals surface area contributed by atoms with Gasteiger partial charge in [0, 0.05) is 7.11 Å². The SMILES string of the molecule is COCc1ccc(/C=C(\C)c2ccc(OCC=C(C)C)cc2)cc1. The second kappa shape index (κ2) is 9.09. The largest absolute Gasteiger partial charge is 0.490 e. The molecule has 0 aliphatic rings. The molecule has 0 bridgehead atoms. The van der Waals surface area contributed by atoms with Crippen LogP contribution in [0, 0.1) is 0 Å².